The molecule has 0 N–H and O–H groups in total. The van der Waals surface area contributed by atoms with Gasteiger partial charge in [-0.15, -0.1) is 0 Å². The summed E-state index contributed by atoms with van der Waals surface area (Å²) in [5.74, 6) is 0. The van der Waals surface area contributed by atoms with Crippen molar-refractivity contribution in [3.05, 3.63) is 182 Å². The molecule has 1 aliphatic carbocycles. The SMILES string of the molecule is c1ccc(-c2cc3ccccc3cc2-c2c3c(c(-c4ccccc4)c4cc5ccccc5cc24)-c2cccc4c2c-3cc2ccccc24)cc1. The zero-order valence-corrected chi connectivity index (χ0v) is 27.3. The highest BCUT2D eigenvalue weighted by atomic mass is 14.3. The van der Waals surface area contributed by atoms with Crippen LogP contribution in [-0.2, 0) is 0 Å². The molecule has 0 radical (unpaired) electrons. The molecule has 0 bridgehead atoms. The Hall–Kier alpha value is -6.50. The fraction of sp³-hybridized carbons (Fsp3) is 0. The summed E-state index contributed by atoms with van der Waals surface area (Å²) in [6.07, 6.45) is 0. The zero-order valence-electron chi connectivity index (χ0n) is 27.3. The number of hydrogen-bond donors (Lipinski definition) is 0. The maximum absolute atomic E-state index is 2.46. The lowest BCUT2D eigenvalue weighted by Gasteiger charge is -2.23. The Labute approximate surface area is 290 Å². The van der Waals surface area contributed by atoms with Crippen molar-refractivity contribution in [2.75, 3.05) is 0 Å². The van der Waals surface area contributed by atoms with Gasteiger partial charge in [0.2, 0.25) is 0 Å². The molecule has 0 spiro atoms. The monoisotopic (exact) mass is 630 g/mol. The largest absolute Gasteiger partial charge is 0.0622 e. The van der Waals surface area contributed by atoms with Crippen LogP contribution in [0, 0.1) is 0 Å². The summed E-state index contributed by atoms with van der Waals surface area (Å²) in [7, 11) is 0. The normalized spacial score (nSPS) is 12.0. The Morgan fingerprint density at radius 3 is 1.38 bits per heavy atom. The molecule has 0 unspecified atom stereocenters. The van der Waals surface area contributed by atoms with E-state index >= 15 is 0 Å². The minimum absolute atomic E-state index is 1.22. The van der Waals surface area contributed by atoms with Crippen molar-refractivity contribution in [3.8, 4) is 55.6 Å². The van der Waals surface area contributed by atoms with Gasteiger partial charge in [-0.1, -0.05) is 152 Å². The Balaban J connectivity index is 1.43. The van der Waals surface area contributed by atoms with E-state index in [0.717, 1.165) is 0 Å². The molecular formula is C50H30. The van der Waals surface area contributed by atoms with Crippen LogP contribution in [0.2, 0.25) is 0 Å². The van der Waals surface area contributed by atoms with Crippen LogP contribution in [0.4, 0.5) is 0 Å². The average Bonchev–Trinajstić information content (AvgIpc) is 3.50. The number of rotatable bonds is 3. The van der Waals surface area contributed by atoms with Crippen LogP contribution in [0.15, 0.2) is 182 Å². The van der Waals surface area contributed by atoms with Crippen molar-refractivity contribution in [2.45, 2.75) is 0 Å². The molecule has 11 rings (SSSR count). The van der Waals surface area contributed by atoms with Crippen LogP contribution in [0.5, 0.6) is 0 Å². The number of benzene rings is 10. The molecule has 0 nitrogen and oxygen atoms in total. The molecule has 0 fully saturated rings. The minimum atomic E-state index is 1.22. The highest BCUT2D eigenvalue weighted by Crippen LogP contribution is 2.59. The molecule has 0 aromatic heterocycles. The van der Waals surface area contributed by atoms with Gasteiger partial charge in [0.1, 0.15) is 0 Å². The molecule has 0 heteroatoms. The van der Waals surface area contributed by atoms with E-state index in [9.17, 15) is 0 Å². The van der Waals surface area contributed by atoms with Crippen molar-refractivity contribution in [1.29, 1.82) is 0 Å². The van der Waals surface area contributed by atoms with Gasteiger partial charge in [-0.2, -0.15) is 0 Å². The van der Waals surface area contributed by atoms with Crippen LogP contribution in [0.3, 0.4) is 0 Å². The molecule has 50 heavy (non-hydrogen) atoms. The van der Waals surface area contributed by atoms with Gasteiger partial charge in [0, 0.05) is 0 Å². The molecule has 10 aromatic carbocycles. The molecule has 0 saturated carbocycles. The quantitative estimate of drug-likeness (QED) is 0.135. The first-order valence-corrected chi connectivity index (χ1v) is 17.4. The first kappa shape index (κ1) is 27.5. The third kappa shape index (κ3) is 3.88. The van der Waals surface area contributed by atoms with E-state index in [1.807, 2.05) is 0 Å². The van der Waals surface area contributed by atoms with Crippen molar-refractivity contribution in [3.63, 3.8) is 0 Å². The highest BCUT2D eigenvalue weighted by Gasteiger charge is 2.32. The van der Waals surface area contributed by atoms with E-state index < -0.39 is 0 Å². The van der Waals surface area contributed by atoms with E-state index in [0.29, 0.717) is 0 Å². The summed E-state index contributed by atoms with van der Waals surface area (Å²) in [6.45, 7) is 0. The summed E-state index contributed by atoms with van der Waals surface area (Å²) in [4.78, 5) is 0. The van der Waals surface area contributed by atoms with Crippen molar-refractivity contribution in [2.24, 2.45) is 0 Å². The van der Waals surface area contributed by atoms with E-state index in [1.165, 1.54) is 109 Å². The smallest absolute Gasteiger partial charge is 0.000696 e. The zero-order chi connectivity index (χ0) is 32.8. The number of hydrogen-bond acceptors (Lipinski definition) is 0. The summed E-state index contributed by atoms with van der Waals surface area (Å²) in [6, 6.07) is 67.7. The van der Waals surface area contributed by atoms with E-state index in [-0.39, 0.29) is 0 Å². The molecule has 0 heterocycles. The molecule has 0 amide bonds. The van der Waals surface area contributed by atoms with Gasteiger partial charge in [0.15, 0.2) is 0 Å². The molecule has 0 aliphatic heterocycles. The Kier molecular flexibility index (Phi) is 5.76. The van der Waals surface area contributed by atoms with Crippen LogP contribution < -0.4 is 0 Å². The second-order valence-electron chi connectivity index (χ2n) is 13.6. The molecule has 0 saturated heterocycles. The van der Waals surface area contributed by atoms with Gasteiger partial charge >= 0.3 is 0 Å². The van der Waals surface area contributed by atoms with Crippen LogP contribution in [-0.4, -0.2) is 0 Å². The topological polar surface area (TPSA) is 0 Å². The standard InChI is InChI=1S/C50H30/c1-3-14-31(15-4-1)41-26-33-18-7-8-19-34(33)27-42(41)48-44-29-36-21-10-9-20-35(36)28-43(44)46(32-16-5-2-6-17-32)49-40-25-13-24-39-38-23-12-11-22-37(38)30-45(47(39)40)50(48)49/h1-30H. The summed E-state index contributed by atoms with van der Waals surface area (Å²) in [5.41, 5.74) is 12.9. The Bertz CT molecular complexity index is 3000. The lowest BCUT2D eigenvalue weighted by atomic mass is 9.79. The second-order valence-corrected chi connectivity index (χ2v) is 13.6. The fourth-order valence-electron chi connectivity index (χ4n) is 8.77. The highest BCUT2D eigenvalue weighted by molar-refractivity contribution is 6.32. The third-order valence-electron chi connectivity index (χ3n) is 10.9. The molecule has 0 atom stereocenters. The third-order valence-corrected chi connectivity index (χ3v) is 10.9. The van der Waals surface area contributed by atoms with Gasteiger partial charge in [0.05, 0.1) is 0 Å². The van der Waals surface area contributed by atoms with Crippen LogP contribution in [0.1, 0.15) is 0 Å². The summed E-state index contributed by atoms with van der Waals surface area (Å²) in [5, 5.41) is 12.8. The average molecular weight is 631 g/mol. The molecule has 10 aromatic rings. The van der Waals surface area contributed by atoms with Crippen LogP contribution in [0.25, 0.3) is 109 Å². The van der Waals surface area contributed by atoms with Gasteiger partial charge in [-0.3, -0.25) is 0 Å². The summed E-state index contributed by atoms with van der Waals surface area (Å²) < 4.78 is 0. The summed E-state index contributed by atoms with van der Waals surface area (Å²) >= 11 is 0. The van der Waals surface area contributed by atoms with Crippen molar-refractivity contribution >= 4 is 53.9 Å². The van der Waals surface area contributed by atoms with Gasteiger partial charge in [0.25, 0.3) is 0 Å². The van der Waals surface area contributed by atoms with Crippen molar-refractivity contribution in [1.82, 2.24) is 0 Å². The number of fused-ring (bicyclic) bond motifs is 8. The lowest BCUT2D eigenvalue weighted by Crippen LogP contribution is -1.96. The predicted molar refractivity (Wildman–Crippen MR) is 215 cm³/mol. The molecule has 230 valence electrons. The fourth-order valence-corrected chi connectivity index (χ4v) is 8.77. The molecule has 1 aliphatic rings. The van der Waals surface area contributed by atoms with Crippen LogP contribution >= 0.6 is 0 Å². The maximum Gasteiger partial charge on any atom is -0.000696 e. The van der Waals surface area contributed by atoms with Crippen molar-refractivity contribution < 1.29 is 0 Å². The maximum atomic E-state index is 2.46. The Morgan fingerprint density at radius 1 is 0.220 bits per heavy atom. The van der Waals surface area contributed by atoms with Gasteiger partial charge in [-0.05, 0) is 140 Å². The second kappa shape index (κ2) is 10.5. The van der Waals surface area contributed by atoms with Gasteiger partial charge in [-0.25, -0.2) is 0 Å². The molecular weight excluding hydrogens is 601 g/mol. The van der Waals surface area contributed by atoms with E-state index in [1.54, 1.807) is 0 Å². The van der Waals surface area contributed by atoms with E-state index in [4.69, 9.17) is 0 Å². The Morgan fingerprint density at radius 2 is 0.700 bits per heavy atom. The first-order chi connectivity index (χ1) is 24.8. The van der Waals surface area contributed by atoms with E-state index in [2.05, 4.69) is 182 Å². The predicted octanol–water partition coefficient (Wildman–Crippen LogP) is 14.1. The lowest BCUT2D eigenvalue weighted by molar-refractivity contribution is 1.61. The van der Waals surface area contributed by atoms with Gasteiger partial charge < -0.3 is 0 Å². The minimum Gasteiger partial charge on any atom is -0.0622 e. The first-order valence-electron chi connectivity index (χ1n) is 17.4.